The van der Waals surface area contributed by atoms with E-state index in [2.05, 4.69) is 36.7 Å². The fraction of sp³-hybridized carbons (Fsp3) is 0.333. The van der Waals surface area contributed by atoms with Gasteiger partial charge in [-0.25, -0.2) is 9.18 Å². The van der Waals surface area contributed by atoms with Gasteiger partial charge in [-0.3, -0.25) is 4.99 Å². The Hall–Kier alpha value is -2.95. The van der Waals surface area contributed by atoms with Gasteiger partial charge in [0.2, 0.25) is 0 Å². The molecule has 1 aliphatic heterocycles. The summed E-state index contributed by atoms with van der Waals surface area (Å²) in [6.45, 7) is 11.1. The van der Waals surface area contributed by atoms with E-state index in [1.165, 1.54) is 18.3 Å². The monoisotopic (exact) mass is 394 g/mol. The number of aliphatic imine (C=N–C) groups is 1. The largest absolute Gasteiger partial charge is 0.478 e. The van der Waals surface area contributed by atoms with Gasteiger partial charge in [-0.1, -0.05) is 19.1 Å². The SMILES string of the molecule is CCCN1c2cc(F)c(C=Nc3cc(C(=O)O)ccc3C)cc2C(C)=CC1(C)C. The molecule has 0 atom stereocenters. The van der Waals surface area contributed by atoms with Crippen LogP contribution in [0.3, 0.4) is 0 Å². The first-order valence-corrected chi connectivity index (χ1v) is 9.83. The molecule has 2 aromatic carbocycles. The van der Waals surface area contributed by atoms with Crippen molar-refractivity contribution in [3.63, 3.8) is 0 Å². The van der Waals surface area contributed by atoms with Crippen LogP contribution >= 0.6 is 0 Å². The van der Waals surface area contributed by atoms with Crippen LogP contribution in [0.25, 0.3) is 5.57 Å². The molecule has 0 radical (unpaired) electrons. The molecule has 0 aromatic heterocycles. The molecule has 0 spiro atoms. The topological polar surface area (TPSA) is 52.9 Å². The lowest BCUT2D eigenvalue weighted by Crippen LogP contribution is -2.45. The van der Waals surface area contributed by atoms with Crippen molar-refractivity contribution >= 4 is 29.1 Å². The molecule has 0 saturated carbocycles. The van der Waals surface area contributed by atoms with E-state index in [0.717, 1.165) is 35.4 Å². The van der Waals surface area contributed by atoms with Gasteiger partial charge in [0.1, 0.15) is 5.82 Å². The first kappa shape index (κ1) is 20.8. The Labute approximate surface area is 171 Å². The van der Waals surface area contributed by atoms with Gasteiger partial charge in [0.15, 0.2) is 0 Å². The number of anilines is 1. The van der Waals surface area contributed by atoms with E-state index in [4.69, 9.17) is 0 Å². The summed E-state index contributed by atoms with van der Waals surface area (Å²) in [6.07, 6.45) is 4.66. The maximum atomic E-state index is 14.9. The number of hydrogen-bond acceptors (Lipinski definition) is 3. The van der Waals surface area contributed by atoms with Crippen LogP contribution in [0.2, 0.25) is 0 Å². The number of halogens is 1. The lowest BCUT2D eigenvalue weighted by molar-refractivity contribution is 0.0697. The smallest absolute Gasteiger partial charge is 0.335 e. The second kappa shape index (κ2) is 7.82. The van der Waals surface area contributed by atoms with Crippen molar-refractivity contribution < 1.29 is 14.3 Å². The Morgan fingerprint density at radius 2 is 1.97 bits per heavy atom. The molecule has 0 amide bonds. The van der Waals surface area contributed by atoms with Crippen molar-refractivity contribution in [3.8, 4) is 0 Å². The summed E-state index contributed by atoms with van der Waals surface area (Å²) in [5, 5.41) is 9.18. The minimum atomic E-state index is -1.01. The maximum Gasteiger partial charge on any atom is 0.335 e. The van der Waals surface area contributed by atoms with Crippen LogP contribution in [0.4, 0.5) is 15.8 Å². The average Bonchev–Trinajstić information content (AvgIpc) is 2.64. The first-order valence-electron chi connectivity index (χ1n) is 9.83. The van der Waals surface area contributed by atoms with Gasteiger partial charge in [0.25, 0.3) is 0 Å². The molecule has 0 fully saturated rings. The predicted octanol–water partition coefficient (Wildman–Crippen LogP) is 5.99. The van der Waals surface area contributed by atoms with E-state index in [1.807, 2.05) is 19.9 Å². The van der Waals surface area contributed by atoms with Crippen molar-refractivity contribution in [1.29, 1.82) is 0 Å². The number of carboxylic acids is 1. The lowest BCUT2D eigenvalue weighted by Gasteiger charge is -2.43. The molecule has 5 heteroatoms. The number of allylic oxidation sites excluding steroid dienone is 1. The molecule has 29 heavy (non-hydrogen) atoms. The average molecular weight is 394 g/mol. The minimum absolute atomic E-state index is 0.157. The van der Waals surface area contributed by atoms with Gasteiger partial charge in [0.05, 0.1) is 16.8 Å². The normalized spacial score (nSPS) is 15.4. The molecule has 4 nitrogen and oxygen atoms in total. The summed E-state index contributed by atoms with van der Waals surface area (Å²) in [7, 11) is 0. The van der Waals surface area contributed by atoms with E-state index in [0.29, 0.717) is 11.3 Å². The van der Waals surface area contributed by atoms with Crippen LogP contribution in [0.15, 0.2) is 41.4 Å². The van der Waals surface area contributed by atoms with Gasteiger partial charge >= 0.3 is 5.97 Å². The third kappa shape index (κ3) is 4.09. The highest BCUT2D eigenvalue weighted by atomic mass is 19.1. The molecule has 0 saturated heterocycles. The second-order valence-corrected chi connectivity index (χ2v) is 8.09. The molecule has 0 aliphatic carbocycles. The van der Waals surface area contributed by atoms with Gasteiger partial charge in [0, 0.05) is 29.6 Å². The summed E-state index contributed by atoms with van der Waals surface area (Å²) in [6, 6.07) is 8.16. The number of benzene rings is 2. The summed E-state index contributed by atoms with van der Waals surface area (Å²) in [5.41, 5.74) is 4.71. The van der Waals surface area contributed by atoms with Crippen molar-refractivity contribution in [2.75, 3.05) is 11.4 Å². The molecular formula is C24H27FN2O2. The zero-order valence-corrected chi connectivity index (χ0v) is 17.6. The standard InChI is InChI=1S/C24H27FN2O2/c1-6-9-27-22-12-20(25)18(10-19(22)16(3)13-24(27,4)5)14-26-21-11-17(23(28)29)8-7-15(21)2/h7-8,10-14H,6,9H2,1-5H3,(H,28,29). The Bertz CT molecular complexity index is 1020. The van der Waals surface area contributed by atoms with Gasteiger partial charge < -0.3 is 10.0 Å². The number of nitrogens with zero attached hydrogens (tertiary/aromatic N) is 2. The number of fused-ring (bicyclic) bond motifs is 1. The fourth-order valence-corrected chi connectivity index (χ4v) is 3.87. The number of carboxylic acid groups (broad SMARTS) is 1. The van der Waals surface area contributed by atoms with Crippen LogP contribution in [0.5, 0.6) is 0 Å². The van der Waals surface area contributed by atoms with Crippen molar-refractivity contribution in [3.05, 3.63) is 64.5 Å². The Morgan fingerprint density at radius 1 is 1.24 bits per heavy atom. The van der Waals surface area contributed by atoms with E-state index >= 15 is 0 Å². The van der Waals surface area contributed by atoms with Crippen LogP contribution in [-0.4, -0.2) is 29.4 Å². The number of rotatable bonds is 5. The summed E-state index contributed by atoms with van der Waals surface area (Å²) in [4.78, 5) is 17.8. The summed E-state index contributed by atoms with van der Waals surface area (Å²) >= 11 is 0. The maximum absolute atomic E-state index is 14.9. The highest BCUT2D eigenvalue weighted by Gasteiger charge is 2.31. The first-order chi connectivity index (χ1) is 13.6. The van der Waals surface area contributed by atoms with Crippen molar-refractivity contribution in [2.45, 2.75) is 46.6 Å². The minimum Gasteiger partial charge on any atom is -0.478 e. The molecule has 2 aromatic rings. The van der Waals surface area contributed by atoms with E-state index in [1.54, 1.807) is 12.1 Å². The highest BCUT2D eigenvalue weighted by molar-refractivity contribution is 5.91. The lowest BCUT2D eigenvalue weighted by atomic mass is 9.87. The van der Waals surface area contributed by atoms with Crippen LogP contribution in [-0.2, 0) is 0 Å². The van der Waals surface area contributed by atoms with Crippen molar-refractivity contribution in [1.82, 2.24) is 0 Å². The van der Waals surface area contributed by atoms with Crippen molar-refractivity contribution in [2.24, 2.45) is 4.99 Å². The third-order valence-electron chi connectivity index (χ3n) is 5.34. The van der Waals surface area contributed by atoms with Gasteiger partial charge in [-0.05, 0) is 69.5 Å². The molecule has 1 heterocycles. The quantitative estimate of drug-likeness (QED) is 0.633. The van der Waals surface area contributed by atoms with E-state index < -0.39 is 5.97 Å². The molecule has 0 unspecified atom stereocenters. The molecule has 1 aliphatic rings. The fourth-order valence-electron chi connectivity index (χ4n) is 3.87. The Morgan fingerprint density at radius 3 is 2.62 bits per heavy atom. The van der Waals surface area contributed by atoms with E-state index in [9.17, 15) is 14.3 Å². The summed E-state index contributed by atoms with van der Waals surface area (Å²) < 4.78 is 14.9. The van der Waals surface area contributed by atoms with E-state index in [-0.39, 0.29) is 16.9 Å². The Kier molecular flexibility index (Phi) is 5.60. The number of carbonyl (C=O) groups is 1. The number of hydrogen-bond donors (Lipinski definition) is 1. The Balaban J connectivity index is 2.04. The highest BCUT2D eigenvalue weighted by Crippen LogP contribution is 2.40. The zero-order valence-electron chi connectivity index (χ0n) is 17.6. The van der Waals surface area contributed by atoms with Crippen LogP contribution in [0, 0.1) is 12.7 Å². The number of aryl methyl sites for hydroxylation is 1. The van der Waals surface area contributed by atoms with Gasteiger partial charge in [-0.2, -0.15) is 0 Å². The third-order valence-corrected chi connectivity index (χ3v) is 5.34. The molecular weight excluding hydrogens is 367 g/mol. The predicted molar refractivity (Wildman–Crippen MR) is 117 cm³/mol. The molecule has 1 N–H and O–H groups in total. The number of aromatic carboxylic acids is 1. The summed E-state index contributed by atoms with van der Waals surface area (Å²) in [5.74, 6) is -1.35. The molecule has 152 valence electrons. The molecule has 3 rings (SSSR count). The van der Waals surface area contributed by atoms with Gasteiger partial charge in [-0.15, -0.1) is 0 Å². The zero-order chi connectivity index (χ0) is 21.3. The molecule has 0 bridgehead atoms. The van der Waals surface area contributed by atoms with Crippen LogP contribution in [0.1, 0.15) is 61.2 Å². The second-order valence-electron chi connectivity index (χ2n) is 8.09. The van der Waals surface area contributed by atoms with Crippen LogP contribution < -0.4 is 4.90 Å².